The molecule has 0 radical (unpaired) electrons. The Kier molecular flexibility index (Phi) is 6.57. The van der Waals surface area contributed by atoms with Crippen LogP contribution in [0.5, 0.6) is 5.75 Å². The van der Waals surface area contributed by atoms with Crippen LogP contribution in [0, 0.1) is 6.92 Å². The highest BCUT2D eigenvalue weighted by Crippen LogP contribution is 2.18. The molecule has 0 spiro atoms. The van der Waals surface area contributed by atoms with E-state index in [9.17, 15) is 4.79 Å². The zero-order valence-electron chi connectivity index (χ0n) is 12.5. The Bertz CT molecular complexity index is 415. The van der Waals surface area contributed by atoms with Gasteiger partial charge in [0.2, 0.25) is 0 Å². The average Bonchev–Trinajstić information content (AvgIpc) is 2.36. The van der Waals surface area contributed by atoms with Gasteiger partial charge in [0.1, 0.15) is 11.5 Å². The maximum Gasteiger partial charge on any atom is 0.129 e. The number of likely N-dealkylation sites (N-methyl/N-ethyl adjacent to an activating group) is 1. The number of aryl methyl sites for hydroxylation is 1. The molecule has 106 valence electrons. The number of hydrogen-bond donors (Lipinski definition) is 0. The quantitative estimate of drug-likeness (QED) is 0.722. The first-order valence-electron chi connectivity index (χ1n) is 6.84. The van der Waals surface area contributed by atoms with E-state index < -0.39 is 0 Å². The van der Waals surface area contributed by atoms with Gasteiger partial charge in [0.05, 0.1) is 7.11 Å². The molecule has 0 atom stereocenters. The van der Waals surface area contributed by atoms with Crippen LogP contribution in [0.1, 0.15) is 30.9 Å². The molecule has 0 unspecified atom stereocenters. The molecule has 1 aromatic carbocycles. The smallest absolute Gasteiger partial charge is 0.129 e. The van der Waals surface area contributed by atoms with E-state index in [4.69, 9.17) is 4.74 Å². The van der Waals surface area contributed by atoms with Gasteiger partial charge in [-0.1, -0.05) is 12.1 Å². The molecule has 0 heterocycles. The molecule has 0 aromatic heterocycles. The molecule has 0 N–H and O–H groups in total. The Balaban J connectivity index is 2.35. The fourth-order valence-corrected chi connectivity index (χ4v) is 2.13. The molecule has 0 saturated heterocycles. The fourth-order valence-electron chi connectivity index (χ4n) is 2.13. The lowest BCUT2D eigenvalue weighted by Gasteiger charge is -2.16. The van der Waals surface area contributed by atoms with Crippen LogP contribution < -0.4 is 4.74 Å². The third-order valence-corrected chi connectivity index (χ3v) is 3.31. The Hall–Kier alpha value is -1.35. The second kappa shape index (κ2) is 7.95. The summed E-state index contributed by atoms with van der Waals surface area (Å²) in [5.74, 6) is 1.22. The van der Waals surface area contributed by atoms with Gasteiger partial charge < -0.3 is 14.4 Å². The van der Waals surface area contributed by atoms with Crippen molar-refractivity contribution >= 4 is 5.78 Å². The highest BCUT2D eigenvalue weighted by Gasteiger charge is 2.03. The SMILES string of the molecule is COc1ccc(CCN(C)CCCC(C)=O)cc1C. The number of methoxy groups -OCH3 is 1. The van der Waals surface area contributed by atoms with Crippen molar-refractivity contribution in [1.82, 2.24) is 4.90 Å². The zero-order valence-corrected chi connectivity index (χ0v) is 12.5. The van der Waals surface area contributed by atoms with Crippen molar-refractivity contribution in [3.05, 3.63) is 29.3 Å². The summed E-state index contributed by atoms with van der Waals surface area (Å²) in [6, 6.07) is 6.33. The van der Waals surface area contributed by atoms with E-state index in [1.165, 1.54) is 11.1 Å². The van der Waals surface area contributed by atoms with Crippen LogP contribution in [-0.4, -0.2) is 37.9 Å². The van der Waals surface area contributed by atoms with Crippen molar-refractivity contribution in [2.75, 3.05) is 27.2 Å². The van der Waals surface area contributed by atoms with Crippen LogP contribution in [0.25, 0.3) is 0 Å². The summed E-state index contributed by atoms with van der Waals surface area (Å²) in [4.78, 5) is 13.2. The van der Waals surface area contributed by atoms with Crippen molar-refractivity contribution < 1.29 is 9.53 Å². The lowest BCUT2D eigenvalue weighted by molar-refractivity contribution is -0.117. The van der Waals surface area contributed by atoms with Crippen LogP contribution in [0.3, 0.4) is 0 Å². The maximum atomic E-state index is 10.9. The molecule has 3 nitrogen and oxygen atoms in total. The molecule has 1 aromatic rings. The molecule has 0 fully saturated rings. The number of ether oxygens (including phenoxy) is 1. The Labute approximate surface area is 116 Å². The van der Waals surface area contributed by atoms with Crippen molar-refractivity contribution in [1.29, 1.82) is 0 Å². The van der Waals surface area contributed by atoms with E-state index in [0.29, 0.717) is 6.42 Å². The Morgan fingerprint density at radius 3 is 2.63 bits per heavy atom. The molecule has 0 saturated carbocycles. The van der Waals surface area contributed by atoms with Crippen molar-refractivity contribution in [3.8, 4) is 5.75 Å². The molecule has 0 aliphatic rings. The van der Waals surface area contributed by atoms with E-state index in [-0.39, 0.29) is 5.78 Å². The fraction of sp³-hybridized carbons (Fsp3) is 0.562. The van der Waals surface area contributed by atoms with Gasteiger partial charge in [-0.2, -0.15) is 0 Å². The first kappa shape index (κ1) is 15.7. The lowest BCUT2D eigenvalue weighted by Crippen LogP contribution is -2.22. The number of rotatable bonds is 8. The molecule has 3 heteroatoms. The third kappa shape index (κ3) is 5.88. The highest BCUT2D eigenvalue weighted by molar-refractivity contribution is 5.75. The van der Waals surface area contributed by atoms with E-state index in [1.807, 2.05) is 6.07 Å². The molecule has 0 bridgehead atoms. The van der Waals surface area contributed by atoms with E-state index in [2.05, 4.69) is 31.0 Å². The predicted molar refractivity (Wildman–Crippen MR) is 78.8 cm³/mol. The molecular formula is C16H25NO2. The van der Waals surface area contributed by atoms with Crippen molar-refractivity contribution in [2.45, 2.75) is 33.1 Å². The molecule has 1 rings (SSSR count). The number of hydrogen-bond acceptors (Lipinski definition) is 3. The zero-order chi connectivity index (χ0) is 14.3. The second-order valence-electron chi connectivity index (χ2n) is 5.16. The monoisotopic (exact) mass is 263 g/mol. The molecule has 19 heavy (non-hydrogen) atoms. The summed E-state index contributed by atoms with van der Waals surface area (Å²) in [5.41, 5.74) is 2.51. The van der Waals surface area contributed by atoms with Gasteiger partial charge in [0.15, 0.2) is 0 Å². The standard InChI is InChI=1S/C16H25NO2/c1-13-12-15(7-8-16(13)19-4)9-11-17(3)10-5-6-14(2)18/h7-8,12H,5-6,9-11H2,1-4H3. The van der Waals surface area contributed by atoms with Gasteiger partial charge in [0, 0.05) is 13.0 Å². The van der Waals surface area contributed by atoms with Gasteiger partial charge in [-0.15, -0.1) is 0 Å². The van der Waals surface area contributed by atoms with E-state index in [0.717, 1.165) is 31.7 Å². The molecular weight excluding hydrogens is 238 g/mol. The first-order chi connectivity index (χ1) is 9.02. The van der Waals surface area contributed by atoms with E-state index in [1.54, 1.807) is 14.0 Å². The van der Waals surface area contributed by atoms with Crippen LogP contribution in [0.2, 0.25) is 0 Å². The normalized spacial score (nSPS) is 10.8. The number of carbonyl (C=O) groups excluding carboxylic acids is 1. The van der Waals surface area contributed by atoms with Crippen LogP contribution in [0.15, 0.2) is 18.2 Å². The van der Waals surface area contributed by atoms with Crippen LogP contribution in [-0.2, 0) is 11.2 Å². The molecule has 0 aliphatic heterocycles. The Morgan fingerprint density at radius 1 is 1.32 bits per heavy atom. The highest BCUT2D eigenvalue weighted by atomic mass is 16.5. The summed E-state index contributed by atoms with van der Waals surface area (Å²) in [6.45, 7) is 5.72. The second-order valence-corrected chi connectivity index (χ2v) is 5.16. The van der Waals surface area contributed by atoms with Crippen LogP contribution in [0.4, 0.5) is 0 Å². The van der Waals surface area contributed by atoms with Gasteiger partial charge in [-0.05, 0) is 57.5 Å². The number of carbonyl (C=O) groups is 1. The van der Waals surface area contributed by atoms with Crippen LogP contribution >= 0.6 is 0 Å². The van der Waals surface area contributed by atoms with E-state index >= 15 is 0 Å². The summed E-state index contributed by atoms with van der Waals surface area (Å²) in [5, 5.41) is 0. The summed E-state index contributed by atoms with van der Waals surface area (Å²) < 4.78 is 5.26. The number of Topliss-reactive ketones (excluding diaryl/α,β-unsaturated/α-hetero) is 1. The molecule has 0 aliphatic carbocycles. The van der Waals surface area contributed by atoms with Gasteiger partial charge in [0.25, 0.3) is 0 Å². The van der Waals surface area contributed by atoms with Crippen molar-refractivity contribution in [2.24, 2.45) is 0 Å². The minimum atomic E-state index is 0.277. The summed E-state index contributed by atoms with van der Waals surface area (Å²) in [6.07, 6.45) is 2.67. The van der Waals surface area contributed by atoms with Gasteiger partial charge in [-0.25, -0.2) is 0 Å². The number of ketones is 1. The maximum absolute atomic E-state index is 10.9. The third-order valence-electron chi connectivity index (χ3n) is 3.31. The minimum absolute atomic E-state index is 0.277. The van der Waals surface area contributed by atoms with Crippen molar-refractivity contribution in [3.63, 3.8) is 0 Å². The number of nitrogens with zero attached hydrogens (tertiary/aromatic N) is 1. The largest absolute Gasteiger partial charge is 0.496 e. The minimum Gasteiger partial charge on any atom is -0.496 e. The average molecular weight is 263 g/mol. The Morgan fingerprint density at radius 2 is 2.05 bits per heavy atom. The summed E-state index contributed by atoms with van der Waals surface area (Å²) in [7, 11) is 3.81. The van der Waals surface area contributed by atoms with Gasteiger partial charge in [-0.3, -0.25) is 0 Å². The topological polar surface area (TPSA) is 29.5 Å². The summed E-state index contributed by atoms with van der Waals surface area (Å²) >= 11 is 0. The predicted octanol–water partition coefficient (Wildman–Crippen LogP) is 2.85. The first-order valence-corrected chi connectivity index (χ1v) is 6.84. The molecule has 0 amide bonds. The number of benzene rings is 1. The van der Waals surface area contributed by atoms with Gasteiger partial charge >= 0.3 is 0 Å². The lowest BCUT2D eigenvalue weighted by atomic mass is 10.1.